The summed E-state index contributed by atoms with van der Waals surface area (Å²) in [6.07, 6.45) is 1.40. The number of carbonyl (C=O) groups is 1. The van der Waals surface area contributed by atoms with Crippen LogP contribution < -0.4 is 16.4 Å². The number of anilines is 2. The molecule has 1 amide bonds. The number of hydroxylamine groups is 1. The van der Waals surface area contributed by atoms with E-state index in [4.69, 9.17) is 21.5 Å². The molecule has 2 rings (SSSR count). The third-order valence-electron chi connectivity index (χ3n) is 3.40. The van der Waals surface area contributed by atoms with Crippen molar-refractivity contribution in [1.82, 2.24) is 10.0 Å². The lowest BCUT2D eigenvalue weighted by Gasteiger charge is -2.17. The Hall–Kier alpha value is -1.87. The maximum Gasteiger partial charge on any atom is 0.278 e. The van der Waals surface area contributed by atoms with E-state index >= 15 is 0 Å². The number of benzene rings is 1. The normalized spacial score (nSPS) is 10.6. The van der Waals surface area contributed by atoms with E-state index in [9.17, 15) is 9.59 Å². The highest BCUT2D eigenvalue weighted by molar-refractivity contribution is 9.10. The summed E-state index contributed by atoms with van der Waals surface area (Å²) < 4.78 is 2.11. The van der Waals surface area contributed by atoms with Gasteiger partial charge in [0.15, 0.2) is 0 Å². The first-order valence-corrected chi connectivity index (χ1v) is 8.47. The minimum atomic E-state index is -0.553. The topological polar surface area (TPSA) is 92.6 Å². The van der Waals surface area contributed by atoms with Gasteiger partial charge < -0.3 is 15.0 Å². The number of halogens is 2. The van der Waals surface area contributed by atoms with Crippen molar-refractivity contribution in [3.8, 4) is 0 Å². The summed E-state index contributed by atoms with van der Waals surface area (Å²) in [6, 6.07) is 5.21. The summed E-state index contributed by atoms with van der Waals surface area (Å²) in [7, 11) is 1.55. The number of rotatable bonds is 6. The van der Waals surface area contributed by atoms with Crippen molar-refractivity contribution in [2.75, 3.05) is 18.5 Å². The molecule has 0 saturated heterocycles. The van der Waals surface area contributed by atoms with Crippen LogP contribution in [0.4, 0.5) is 11.4 Å². The van der Waals surface area contributed by atoms with Gasteiger partial charge in [0, 0.05) is 23.3 Å². The first-order valence-electron chi connectivity index (χ1n) is 7.30. The fourth-order valence-electron chi connectivity index (χ4n) is 2.17. The van der Waals surface area contributed by atoms with Gasteiger partial charge in [0.25, 0.3) is 11.5 Å². The number of aliphatic hydroxyl groups is 1. The maximum atomic E-state index is 12.4. The van der Waals surface area contributed by atoms with Gasteiger partial charge in [-0.05, 0) is 25.1 Å². The van der Waals surface area contributed by atoms with Crippen LogP contribution in [0.3, 0.4) is 0 Å². The number of hydrogen-bond donors (Lipinski definition) is 3. The SMILES string of the molecule is Cc1c(Nc2ccc(Br)cc2Cl)c(C(=O)NOCCO)cn(C)c1=O. The van der Waals surface area contributed by atoms with Crippen LogP contribution in [0.15, 0.2) is 33.7 Å². The molecule has 0 aliphatic heterocycles. The number of nitrogens with one attached hydrogen (secondary N) is 2. The molecule has 0 bridgehead atoms. The second-order valence-corrected chi connectivity index (χ2v) is 6.53. The molecule has 0 spiro atoms. The average molecular weight is 431 g/mol. The lowest BCUT2D eigenvalue weighted by Crippen LogP contribution is -2.29. The Kier molecular flexibility index (Phi) is 6.60. The van der Waals surface area contributed by atoms with Gasteiger partial charge in [-0.15, -0.1) is 0 Å². The van der Waals surface area contributed by atoms with Gasteiger partial charge in [-0.2, -0.15) is 0 Å². The average Bonchev–Trinajstić information content (AvgIpc) is 2.57. The molecule has 0 atom stereocenters. The van der Waals surface area contributed by atoms with Crippen molar-refractivity contribution < 1.29 is 14.7 Å². The predicted molar refractivity (Wildman–Crippen MR) is 99.4 cm³/mol. The first kappa shape index (κ1) is 19.5. The Labute approximate surface area is 157 Å². The van der Waals surface area contributed by atoms with Crippen molar-refractivity contribution in [1.29, 1.82) is 0 Å². The van der Waals surface area contributed by atoms with Crippen LogP contribution in [-0.2, 0) is 11.9 Å². The Balaban J connectivity index is 2.45. The molecular weight excluding hydrogens is 414 g/mol. The molecule has 0 fully saturated rings. The summed E-state index contributed by atoms with van der Waals surface area (Å²) in [4.78, 5) is 29.5. The van der Waals surface area contributed by atoms with Crippen molar-refractivity contribution in [2.45, 2.75) is 6.92 Å². The predicted octanol–water partition coefficient (Wildman–Crippen LogP) is 2.51. The van der Waals surface area contributed by atoms with E-state index in [2.05, 4.69) is 26.7 Å². The van der Waals surface area contributed by atoms with E-state index in [1.807, 2.05) is 0 Å². The fourth-order valence-corrected chi connectivity index (χ4v) is 2.89. The standard InChI is InChI=1S/C16H17BrClN3O4/c1-9-14(19-13-4-3-10(17)7-12(13)18)11(8-21(2)16(9)24)15(23)20-25-6-5-22/h3-4,7-8,19,22H,5-6H2,1-2H3,(H,20,23). The molecule has 134 valence electrons. The number of amides is 1. The van der Waals surface area contributed by atoms with Gasteiger partial charge in [0.1, 0.15) is 0 Å². The second-order valence-electron chi connectivity index (χ2n) is 5.21. The van der Waals surface area contributed by atoms with Gasteiger partial charge in [-0.1, -0.05) is 27.5 Å². The highest BCUT2D eigenvalue weighted by Crippen LogP contribution is 2.30. The second kappa shape index (κ2) is 8.48. The Bertz CT molecular complexity index is 854. The molecule has 2 aromatic rings. The number of aliphatic hydroxyl groups excluding tert-OH is 1. The van der Waals surface area contributed by atoms with Crippen LogP contribution in [0.25, 0.3) is 0 Å². The van der Waals surface area contributed by atoms with Crippen LogP contribution in [0.2, 0.25) is 5.02 Å². The largest absolute Gasteiger partial charge is 0.394 e. The molecule has 0 aliphatic rings. The molecule has 0 saturated carbocycles. The number of aromatic nitrogens is 1. The highest BCUT2D eigenvalue weighted by Gasteiger charge is 2.18. The van der Waals surface area contributed by atoms with Crippen molar-refractivity contribution >= 4 is 44.8 Å². The van der Waals surface area contributed by atoms with Crippen LogP contribution in [0.5, 0.6) is 0 Å². The number of aryl methyl sites for hydroxylation is 1. The van der Waals surface area contributed by atoms with E-state index in [0.717, 1.165) is 4.47 Å². The van der Waals surface area contributed by atoms with Crippen LogP contribution in [0, 0.1) is 6.92 Å². The monoisotopic (exact) mass is 429 g/mol. The summed E-state index contributed by atoms with van der Waals surface area (Å²) in [5, 5.41) is 12.2. The van der Waals surface area contributed by atoms with Crippen LogP contribution >= 0.6 is 27.5 Å². The summed E-state index contributed by atoms with van der Waals surface area (Å²) in [5.74, 6) is -0.553. The first-order chi connectivity index (χ1) is 11.8. The molecule has 9 heteroatoms. The van der Waals surface area contributed by atoms with E-state index in [0.29, 0.717) is 22.0 Å². The van der Waals surface area contributed by atoms with Crippen LogP contribution in [-0.4, -0.2) is 28.8 Å². The minimum absolute atomic E-state index is 0.0439. The number of nitrogens with zero attached hydrogens (tertiary/aromatic N) is 1. The molecule has 3 N–H and O–H groups in total. The van der Waals surface area contributed by atoms with E-state index < -0.39 is 5.91 Å². The Morgan fingerprint density at radius 3 is 2.80 bits per heavy atom. The number of hydrogen-bond acceptors (Lipinski definition) is 5. The van der Waals surface area contributed by atoms with Gasteiger partial charge in [0.05, 0.1) is 35.2 Å². The zero-order valence-electron chi connectivity index (χ0n) is 13.6. The zero-order valence-corrected chi connectivity index (χ0v) is 15.9. The Morgan fingerprint density at radius 2 is 2.16 bits per heavy atom. The van der Waals surface area contributed by atoms with Crippen molar-refractivity contribution in [3.05, 3.63) is 55.4 Å². The third-order valence-corrected chi connectivity index (χ3v) is 4.21. The zero-order chi connectivity index (χ0) is 18.6. The smallest absolute Gasteiger partial charge is 0.278 e. The summed E-state index contributed by atoms with van der Waals surface area (Å²) in [6.45, 7) is 1.34. The lowest BCUT2D eigenvalue weighted by atomic mass is 10.1. The van der Waals surface area contributed by atoms with E-state index in [1.165, 1.54) is 10.8 Å². The van der Waals surface area contributed by atoms with Crippen molar-refractivity contribution in [3.63, 3.8) is 0 Å². The Morgan fingerprint density at radius 1 is 1.44 bits per heavy atom. The fraction of sp³-hybridized carbons (Fsp3) is 0.250. The molecule has 1 aromatic heterocycles. The molecule has 7 nitrogen and oxygen atoms in total. The van der Waals surface area contributed by atoms with Gasteiger partial charge in [-0.3, -0.25) is 14.4 Å². The lowest BCUT2D eigenvalue weighted by molar-refractivity contribution is 0.0168. The molecular formula is C16H17BrClN3O4. The van der Waals surface area contributed by atoms with Gasteiger partial charge in [0.2, 0.25) is 0 Å². The van der Waals surface area contributed by atoms with Crippen LogP contribution in [0.1, 0.15) is 15.9 Å². The molecule has 0 radical (unpaired) electrons. The highest BCUT2D eigenvalue weighted by atomic mass is 79.9. The van der Waals surface area contributed by atoms with E-state index in [-0.39, 0.29) is 24.3 Å². The molecule has 0 aliphatic carbocycles. The third kappa shape index (κ3) is 4.60. The maximum absolute atomic E-state index is 12.4. The summed E-state index contributed by atoms with van der Waals surface area (Å²) in [5.41, 5.74) is 3.42. The molecule has 25 heavy (non-hydrogen) atoms. The summed E-state index contributed by atoms with van der Waals surface area (Å²) >= 11 is 9.53. The van der Waals surface area contributed by atoms with Gasteiger partial charge >= 0.3 is 0 Å². The quantitative estimate of drug-likeness (QED) is 0.484. The molecule has 0 unspecified atom stereocenters. The van der Waals surface area contributed by atoms with E-state index in [1.54, 1.807) is 32.2 Å². The number of carbonyl (C=O) groups excluding carboxylic acids is 1. The number of pyridine rings is 1. The van der Waals surface area contributed by atoms with Gasteiger partial charge in [-0.25, -0.2) is 5.48 Å². The molecule has 1 heterocycles. The molecule has 1 aromatic carbocycles. The minimum Gasteiger partial charge on any atom is -0.394 e. The van der Waals surface area contributed by atoms with Crippen molar-refractivity contribution in [2.24, 2.45) is 7.05 Å².